The van der Waals surface area contributed by atoms with Crippen molar-refractivity contribution < 1.29 is 4.79 Å². The molecule has 0 aliphatic carbocycles. The van der Waals surface area contributed by atoms with Crippen LogP contribution in [0.1, 0.15) is 44.2 Å². The van der Waals surface area contributed by atoms with Gasteiger partial charge in [-0.15, -0.1) is 0 Å². The molecule has 1 atom stereocenters. The molecule has 0 bridgehead atoms. The van der Waals surface area contributed by atoms with Gasteiger partial charge in [0.2, 0.25) is 5.91 Å². The predicted octanol–water partition coefficient (Wildman–Crippen LogP) is 2.74. The van der Waals surface area contributed by atoms with Gasteiger partial charge in [0.05, 0.1) is 6.04 Å². The van der Waals surface area contributed by atoms with Crippen molar-refractivity contribution >= 4 is 5.91 Å². The van der Waals surface area contributed by atoms with E-state index in [1.165, 1.54) is 24.0 Å². The molecule has 0 radical (unpaired) electrons. The Kier molecular flexibility index (Phi) is 4.03. The van der Waals surface area contributed by atoms with E-state index in [2.05, 4.69) is 48.3 Å². The molecule has 2 heterocycles. The number of rotatable bonds is 3. The Balaban J connectivity index is 1.68. The summed E-state index contributed by atoms with van der Waals surface area (Å²) in [5.41, 5.74) is 3.02. The number of hydrogen-bond donors (Lipinski definition) is 1. The minimum atomic E-state index is -0.0376. The van der Waals surface area contributed by atoms with Gasteiger partial charge in [-0.2, -0.15) is 0 Å². The number of nitrogens with zero attached hydrogens (tertiary/aromatic N) is 1. The third kappa shape index (κ3) is 2.71. The number of likely N-dealkylation sites (tertiary alicyclic amines) is 1. The molecule has 3 heteroatoms. The van der Waals surface area contributed by atoms with Crippen molar-refractivity contribution in [2.75, 3.05) is 13.1 Å². The zero-order valence-corrected chi connectivity index (χ0v) is 13.2. The second-order valence-corrected chi connectivity index (χ2v) is 6.62. The van der Waals surface area contributed by atoms with Gasteiger partial charge in [-0.3, -0.25) is 4.79 Å². The fourth-order valence-electron chi connectivity index (χ4n) is 3.80. The third-order valence-corrected chi connectivity index (χ3v) is 5.63. The molecular weight excluding hydrogens is 260 g/mol. The van der Waals surface area contributed by atoms with Crippen LogP contribution in [0.3, 0.4) is 0 Å². The summed E-state index contributed by atoms with van der Waals surface area (Å²) in [5, 5.41) is 3.42. The van der Waals surface area contributed by atoms with E-state index in [0.717, 1.165) is 32.5 Å². The van der Waals surface area contributed by atoms with Crippen molar-refractivity contribution in [2.24, 2.45) is 5.41 Å². The highest BCUT2D eigenvalue weighted by Gasteiger charge is 2.39. The first kappa shape index (κ1) is 14.6. The van der Waals surface area contributed by atoms with Gasteiger partial charge < -0.3 is 10.2 Å². The lowest BCUT2D eigenvalue weighted by Crippen LogP contribution is -2.49. The van der Waals surface area contributed by atoms with Crippen molar-refractivity contribution in [1.82, 2.24) is 10.2 Å². The van der Waals surface area contributed by atoms with E-state index >= 15 is 0 Å². The highest BCUT2D eigenvalue weighted by molar-refractivity contribution is 5.83. The standard InChI is InChI=1S/C18H26N2O/c1-3-18(4-2)9-10-20(13-18)17(21)16-11-14-7-5-6-8-15(14)12-19-16/h5-8,16,19H,3-4,9-13H2,1-2H3. The van der Waals surface area contributed by atoms with Crippen LogP contribution in [0.2, 0.25) is 0 Å². The first-order chi connectivity index (χ1) is 10.2. The van der Waals surface area contributed by atoms with Crippen LogP contribution in [-0.4, -0.2) is 29.9 Å². The highest BCUT2D eigenvalue weighted by atomic mass is 16.2. The summed E-state index contributed by atoms with van der Waals surface area (Å²) in [7, 11) is 0. The van der Waals surface area contributed by atoms with Crippen molar-refractivity contribution in [1.29, 1.82) is 0 Å². The molecule has 1 fully saturated rings. The number of benzene rings is 1. The Morgan fingerprint density at radius 3 is 2.67 bits per heavy atom. The third-order valence-electron chi connectivity index (χ3n) is 5.63. The Bertz CT molecular complexity index is 522. The van der Waals surface area contributed by atoms with E-state index in [1.54, 1.807) is 0 Å². The fourth-order valence-corrected chi connectivity index (χ4v) is 3.80. The SMILES string of the molecule is CCC1(CC)CCN(C(=O)C2Cc3ccccc3CN2)C1. The summed E-state index contributed by atoms with van der Waals surface area (Å²) < 4.78 is 0. The Morgan fingerprint density at radius 2 is 2.00 bits per heavy atom. The highest BCUT2D eigenvalue weighted by Crippen LogP contribution is 2.37. The fraction of sp³-hybridized carbons (Fsp3) is 0.611. The maximum atomic E-state index is 12.8. The zero-order chi connectivity index (χ0) is 14.9. The van der Waals surface area contributed by atoms with Crippen LogP contribution in [0, 0.1) is 5.41 Å². The summed E-state index contributed by atoms with van der Waals surface area (Å²) in [6, 6.07) is 8.41. The average Bonchev–Trinajstić information content (AvgIpc) is 2.99. The summed E-state index contributed by atoms with van der Waals surface area (Å²) >= 11 is 0. The van der Waals surface area contributed by atoms with E-state index in [1.807, 2.05) is 0 Å². The van der Waals surface area contributed by atoms with Gasteiger partial charge in [0.1, 0.15) is 0 Å². The molecule has 3 rings (SSSR count). The molecule has 1 amide bonds. The molecule has 1 unspecified atom stereocenters. The van der Waals surface area contributed by atoms with Crippen LogP contribution in [0.15, 0.2) is 24.3 Å². The molecule has 1 saturated heterocycles. The first-order valence-electron chi connectivity index (χ1n) is 8.26. The van der Waals surface area contributed by atoms with Crippen LogP contribution >= 0.6 is 0 Å². The molecule has 3 nitrogen and oxygen atoms in total. The maximum absolute atomic E-state index is 12.8. The van der Waals surface area contributed by atoms with Gasteiger partial charge >= 0.3 is 0 Å². The summed E-state index contributed by atoms with van der Waals surface area (Å²) in [5.74, 6) is 0.299. The lowest BCUT2D eigenvalue weighted by Gasteiger charge is -2.31. The normalized spacial score (nSPS) is 23.9. The lowest BCUT2D eigenvalue weighted by molar-refractivity contribution is -0.133. The van der Waals surface area contributed by atoms with Crippen LogP contribution < -0.4 is 5.32 Å². The van der Waals surface area contributed by atoms with Crippen LogP contribution in [0.25, 0.3) is 0 Å². The van der Waals surface area contributed by atoms with E-state index < -0.39 is 0 Å². The molecule has 0 aromatic heterocycles. The van der Waals surface area contributed by atoms with Gasteiger partial charge in [0, 0.05) is 19.6 Å². The van der Waals surface area contributed by atoms with Gasteiger partial charge in [-0.05, 0) is 42.2 Å². The Labute approximate surface area is 127 Å². The number of fused-ring (bicyclic) bond motifs is 1. The van der Waals surface area contributed by atoms with Crippen LogP contribution in [-0.2, 0) is 17.8 Å². The molecule has 2 aliphatic rings. The minimum Gasteiger partial charge on any atom is -0.341 e. The number of nitrogens with one attached hydrogen (secondary N) is 1. The van der Waals surface area contributed by atoms with Crippen molar-refractivity contribution in [3.05, 3.63) is 35.4 Å². The largest absolute Gasteiger partial charge is 0.341 e. The van der Waals surface area contributed by atoms with Crippen molar-refractivity contribution in [2.45, 2.75) is 52.1 Å². The molecular formula is C18H26N2O. The lowest BCUT2D eigenvalue weighted by atomic mass is 9.82. The van der Waals surface area contributed by atoms with Crippen LogP contribution in [0.5, 0.6) is 0 Å². The molecule has 1 aromatic carbocycles. The first-order valence-corrected chi connectivity index (χ1v) is 8.26. The monoisotopic (exact) mass is 286 g/mol. The topological polar surface area (TPSA) is 32.3 Å². The molecule has 1 aromatic rings. The van der Waals surface area contributed by atoms with E-state index in [4.69, 9.17) is 0 Å². The predicted molar refractivity (Wildman–Crippen MR) is 85.0 cm³/mol. The summed E-state index contributed by atoms with van der Waals surface area (Å²) in [6.45, 7) is 7.20. The zero-order valence-electron chi connectivity index (χ0n) is 13.2. The van der Waals surface area contributed by atoms with Crippen LogP contribution in [0.4, 0.5) is 0 Å². The van der Waals surface area contributed by atoms with E-state index in [0.29, 0.717) is 11.3 Å². The summed E-state index contributed by atoms with van der Waals surface area (Å²) in [6.07, 6.45) is 4.34. The minimum absolute atomic E-state index is 0.0376. The molecule has 0 spiro atoms. The number of amides is 1. The number of hydrogen-bond acceptors (Lipinski definition) is 2. The van der Waals surface area contributed by atoms with E-state index in [9.17, 15) is 4.79 Å². The molecule has 21 heavy (non-hydrogen) atoms. The van der Waals surface area contributed by atoms with Crippen molar-refractivity contribution in [3.63, 3.8) is 0 Å². The number of carbonyl (C=O) groups is 1. The molecule has 2 aliphatic heterocycles. The Morgan fingerprint density at radius 1 is 1.29 bits per heavy atom. The number of carbonyl (C=O) groups excluding carboxylic acids is 1. The second-order valence-electron chi connectivity index (χ2n) is 6.62. The molecule has 1 N–H and O–H groups in total. The summed E-state index contributed by atoms with van der Waals surface area (Å²) in [4.78, 5) is 14.9. The van der Waals surface area contributed by atoms with Gasteiger partial charge in [-0.25, -0.2) is 0 Å². The van der Waals surface area contributed by atoms with Gasteiger partial charge in [0.15, 0.2) is 0 Å². The van der Waals surface area contributed by atoms with Gasteiger partial charge in [0.25, 0.3) is 0 Å². The average molecular weight is 286 g/mol. The van der Waals surface area contributed by atoms with Gasteiger partial charge in [-0.1, -0.05) is 38.1 Å². The van der Waals surface area contributed by atoms with E-state index in [-0.39, 0.29) is 6.04 Å². The quantitative estimate of drug-likeness (QED) is 0.926. The second kappa shape index (κ2) is 5.80. The van der Waals surface area contributed by atoms with Crippen molar-refractivity contribution in [3.8, 4) is 0 Å². The maximum Gasteiger partial charge on any atom is 0.240 e. The smallest absolute Gasteiger partial charge is 0.240 e. The molecule has 114 valence electrons. The Hall–Kier alpha value is -1.35. The molecule has 0 saturated carbocycles.